The number of amides is 1. The first-order valence-corrected chi connectivity index (χ1v) is 16.9. The van der Waals surface area contributed by atoms with Gasteiger partial charge >= 0.3 is 17.9 Å². The van der Waals surface area contributed by atoms with Gasteiger partial charge in [-0.2, -0.15) is 0 Å². The Kier molecular flexibility index (Phi) is 10.8. The molecule has 1 aliphatic rings. The molecule has 0 saturated carbocycles. The summed E-state index contributed by atoms with van der Waals surface area (Å²) in [6.45, 7) is 2.06. The third-order valence-corrected chi connectivity index (χ3v) is 9.50. The Balaban J connectivity index is 1.37. The van der Waals surface area contributed by atoms with Crippen LogP contribution in [0.3, 0.4) is 0 Å². The van der Waals surface area contributed by atoms with Gasteiger partial charge in [-0.25, -0.2) is 4.98 Å². The Hall–Kier alpha value is -6.17. The fourth-order valence-corrected chi connectivity index (χ4v) is 6.81. The third kappa shape index (κ3) is 8.40. The third-order valence-electron chi connectivity index (χ3n) is 9.50. The van der Waals surface area contributed by atoms with Crippen LogP contribution in [0.15, 0.2) is 95.4 Å². The van der Waals surface area contributed by atoms with E-state index in [0.29, 0.717) is 34.9 Å². The monoisotopic (exact) mass is 706 g/mol. The van der Waals surface area contributed by atoms with Gasteiger partial charge in [-0.3, -0.25) is 19.2 Å². The number of aliphatic carboxylic acids is 3. The lowest BCUT2D eigenvalue weighted by Gasteiger charge is -2.36. The summed E-state index contributed by atoms with van der Waals surface area (Å²) in [5.41, 5.74) is 2.99. The molecule has 12 heteroatoms. The Bertz CT molecular complexity index is 2090. The first-order chi connectivity index (χ1) is 25.0. The second-order valence-corrected chi connectivity index (χ2v) is 12.9. The average molecular weight is 707 g/mol. The zero-order valence-corrected chi connectivity index (χ0v) is 28.4. The van der Waals surface area contributed by atoms with Crippen molar-refractivity contribution in [1.82, 2.24) is 9.88 Å². The molecule has 1 amide bonds. The van der Waals surface area contributed by atoms with Crippen molar-refractivity contribution in [2.45, 2.75) is 51.1 Å². The number of hydrogen-bond donors (Lipinski definition) is 3. The molecule has 268 valence electrons. The van der Waals surface area contributed by atoms with E-state index in [0.717, 1.165) is 21.9 Å². The number of carbonyl (C=O) groups is 4. The number of hydrogen-bond acceptors (Lipinski definition) is 8. The van der Waals surface area contributed by atoms with E-state index in [1.54, 1.807) is 17.0 Å². The number of carboxylic acids is 3. The molecule has 52 heavy (non-hydrogen) atoms. The highest BCUT2D eigenvalue weighted by Gasteiger charge is 2.37. The quantitative estimate of drug-likeness (QED) is 0.0966. The molecule has 0 spiro atoms. The first-order valence-electron chi connectivity index (χ1n) is 16.9. The zero-order chi connectivity index (χ0) is 36.8. The van der Waals surface area contributed by atoms with Crippen LogP contribution in [0.4, 0.5) is 0 Å². The standard InChI is InChI=1S/C40H38N2O10/c1-24(30(28-15-16-34-35(18-28)51-23-50-34)9-6-12-36-41-32-10-4-5-11-33(32)52-36)42(22-25-13-14-26-7-2-3-8-27(26)17-25)37(43)21-31(40(48)49)29(19-38(44)45)20-39(46)47/h2-8,10-18,24,29-31H,9,19-23H2,1H3,(H,44,45)(H,46,47)(H,48,49)/b12-6+. The van der Waals surface area contributed by atoms with Crippen molar-refractivity contribution in [2.24, 2.45) is 11.8 Å². The lowest BCUT2D eigenvalue weighted by atomic mass is 9.83. The normalized spacial score (nSPS) is 14.1. The predicted molar refractivity (Wildman–Crippen MR) is 191 cm³/mol. The molecule has 2 heterocycles. The molecule has 5 aromatic rings. The topological polar surface area (TPSA) is 177 Å². The molecule has 4 aromatic carbocycles. The number of aromatic nitrogens is 1. The summed E-state index contributed by atoms with van der Waals surface area (Å²) in [5.74, 6) is -6.34. The van der Waals surface area contributed by atoms with Crippen molar-refractivity contribution in [3.63, 3.8) is 0 Å². The van der Waals surface area contributed by atoms with Gasteiger partial charge in [-0.05, 0) is 77.6 Å². The number of nitrogens with zero attached hydrogens (tertiary/aromatic N) is 2. The number of fused-ring (bicyclic) bond motifs is 3. The minimum atomic E-state index is -1.55. The highest BCUT2D eigenvalue weighted by molar-refractivity contribution is 5.85. The summed E-state index contributed by atoms with van der Waals surface area (Å²) in [6, 6.07) is 26.0. The Labute approximate surface area is 298 Å². The van der Waals surface area contributed by atoms with Crippen LogP contribution in [-0.4, -0.2) is 61.9 Å². The fraction of sp³-hybridized carbons (Fsp3) is 0.275. The number of para-hydroxylation sites is 2. The highest BCUT2D eigenvalue weighted by atomic mass is 16.7. The Morgan fingerprint density at radius 3 is 2.27 bits per heavy atom. The lowest BCUT2D eigenvalue weighted by molar-refractivity contribution is -0.152. The van der Waals surface area contributed by atoms with Crippen molar-refractivity contribution in [3.8, 4) is 11.5 Å². The predicted octanol–water partition coefficient (Wildman–Crippen LogP) is 6.97. The maximum absolute atomic E-state index is 14.4. The lowest BCUT2D eigenvalue weighted by Crippen LogP contribution is -2.43. The van der Waals surface area contributed by atoms with E-state index in [9.17, 15) is 34.5 Å². The van der Waals surface area contributed by atoms with E-state index in [2.05, 4.69) is 4.98 Å². The molecule has 3 N–H and O–H groups in total. The second-order valence-electron chi connectivity index (χ2n) is 12.9. The number of ether oxygens (including phenoxy) is 2. The second kappa shape index (κ2) is 15.8. The molecular weight excluding hydrogens is 668 g/mol. The SMILES string of the molecule is CC(C(C/C=C/c1nc2ccccc2o1)c1ccc2c(c1)OCO2)N(Cc1ccc2ccccc2c1)C(=O)CC(C(=O)O)C(CC(=O)O)CC(=O)O. The molecule has 0 radical (unpaired) electrons. The van der Waals surface area contributed by atoms with E-state index >= 15 is 0 Å². The molecule has 12 nitrogen and oxygen atoms in total. The molecule has 0 fully saturated rings. The minimum Gasteiger partial charge on any atom is -0.481 e. The van der Waals surface area contributed by atoms with Gasteiger partial charge in [0.25, 0.3) is 0 Å². The molecule has 6 rings (SSSR count). The number of benzene rings is 4. The maximum atomic E-state index is 14.4. The van der Waals surface area contributed by atoms with Crippen LogP contribution in [-0.2, 0) is 25.7 Å². The Morgan fingerprint density at radius 1 is 0.827 bits per heavy atom. The van der Waals surface area contributed by atoms with E-state index in [-0.39, 0.29) is 19.3 Å². The van der Waals surface area contributed by atoms with Gasteiger partial charge in [0.2, 0.25) is 18.6 Å². The first kappa shape index (κ1) is 35.6. The summed E-state index contributed by atoms with van der Waals surface area (Å²) < 4.78 is 17.1. The van der Waals surface area contributed by atoms with Crippen molar-refractivity contribution in [1.29, 1.82) is 0 Å². The van der Waals surface area contributed by atoms with Crippen molar-refractivity contribution >= 4 is 51.8 Å². The molecule has 0 bridgehead atoms. The number of oxazole rings is 1. The van der Waals surface area contributed by atoms with Gasteiger partial charge in [0.05, 0.1) is 5.92 Å². The van der Waals surface area contributed by atoms with Crippen LogP contribution in [0.1, 0.15) is 55.5 Å². The summed E-state index contributed by atoms with van der Waals surface area (Å²) in [6.07, 6.45) is 2.07. The van der Waals surface area contributed by atoms with E-state index in [1.807, 2.05) is 91.9 Å². The van der Waals surface area contributed by atoms with E-state index in [1.165, 1.54) is 0 Å². The van der Waals surface area contributed by atoms with Crippen LogP contribution in [0.2, 0.25) is 0 Å². The summed E-state index contributed by atoms with van der Waals surface area (Å²) in [7, 11) is 0. The number of carboxylic acid groups (broad SMARTS) is 3. The van der Waals surface area contributed by atoms with Gasteiger partial charge in [-0.15, -0.1) is 0 Å². The summed E-state index contributed by atoms with van der Waals surface area (Å²) in [4.78, 5) is 56.4. The molecular formula is C40H38N2O10. The molecule has 1 aromatic heterocycles. The number of allylic oxidation sites excluding steroid dienone is 1. The molecule has 0 saturated heterocycles. The number of carbonyl (C=O) groups excluding carboxylic acids is 1. The fourth-order valence-electron chi connectivity index (χ4n) is 6.81. The van der Waals surface area contributed by atoms with Crippen molar-refractivity contribution in [3.05, 3.63) is 108 Å². The van der Waals surface area contributed by atoms with Crippen LogP contribution in [0, 0.1) is 11.8 Å². The molecule has 1 aliphatic heterocycles. The van der Waals surface area contributed by atoms with Gasteiger partial charge in [0.15, 0.2) is 17.1 Å². The Morgan fingerprint density at radius 2 is 1.54 bits per heavy atom. The zero-order valence-electron chi connectivity index (χ0n) is 28.4. The van der Waals surface area contributed by atoms with Gasteiger partial charge in [0.1, 0.15) is 5.52 Å². The van der Waals surface area contributed by atoms with Gasteiger partial charge in [0, 0.05) is 37.8 Å². The number of rotatable bonds is 16. The van der Waals surface area contributed by atoms with E-state index in [4.69, 9.17) is 13.9 Å². The van der Waals surface area contributed by atoms with Crippen molar-refractivity contribution < 1.29 is 48.4 Å². The van der Waals surface area contributed by atoms with Crippen LogP contribution in [0.5, 0.6) is 11.5 Å². The smallest absolute Gasteiger partial charge is 0.307 e. The largest absolute Gasteiger partial charge is 0.481 e. The van der Waals surface area contributed by atoms with Crippen LogP contribution < -0.4 is 9.47 Å². The summed E-state index contributed by atoms with van der Waals surface area (Å²) >= 11 is 0. The maximum Gasteiger partial charge on any atom is 0.307 e. The minimum absolute atomic E-state index is 0.0770. The molecule has 3 atom stereocenters. The average Bonchev–Trinajstić information content (AvgIpc) is 3.76. The van der Waals surface area contributed by atoms with Crippen LogP contribution in [0.25, 0.3) is 27.9 Å². The highest BCUT2D eigenvalue weighted by Crippen LogP contribution is 2.38. The van der Waals surface area contributed by atoms with Gasteiger partial charge < -0.3 is 34.1 Å². The molecule has 0 aliphatic carbocycles. The summed E-state index contributed by atoms with van der Waals surface area (Å²) in [5, 5.41) is 31.2. The van der Waals surface area contributed by atoms with Crippen LogP contribution >= 0.6 is 0 Å². The molecule has 3 unspecified atom stereocenters. The van der Waals surface area contributed by atoms with Crippen molar-refractivity contribution in [2.75, 3.05) is 6.79 Å². The van der Waals surface area contributed by atoms with E-state index < -0.39 is 61.0 Å². The van der Waals surface area contributed by atoms with Gasteiger partial charge in [-0.1, -0.05) is 60.7 Å².